The third-order valence-corrected chi connectivity index (χ3v) is 6.80. The predicted molar refractivity (Wildman–Crippen MR) is 142 cm³/mol. The van der Waals surface area contributed by atoms with Crippen molar-refractivity contribution in [1.82, 2.24) is 4.90 Å². The number of aliphatic hydroxyl groups is 1. The molecule has 0 unspecified atom stereocenters. The molecule has 3 aromatic carbocycles. The van der Waals surface area contributed by atoms with Crippen LogP contribution in [0.1, 0.15) is 30.4 Å². The molecule has 210 valence electrons. The van der Waals surface area contributed by atoms with E-state index in [4.69, 9.17) is 19.4 Å². The topological polar surface area (TPSA) is 79.2 Å². The molecule has 3 aromatic rings. The van der Waals surface area contributed by atoms with Crippen LogP contribution >= 0.6 is 0 Å². The Kier molecular flexibility index (Phi) is 10.8. The third-order valence-electron chi connectivity index (χ3n) is 6.80. The maximum absolute atomic E-state index is 12.0. The lowest BCUT2D eigenvalue weighted by Gasteiger charge is -2.42. The fourth-order valence-corrected chi connectivity index (χ4v) is 4.75. The highest BCUT2D eigenvalue weighted by Crippen LogP contribution is 2.41. The van der Waals surface area contributed by atoms with E-state index < -0.39 is 17.7 Å². The van der Waals surface area contributed by atoms with E-state index in [1.807, 2.05) is 60.7 Å². The molecule has 4 rings (SSSR count). The first kappa shape index (κ1) is 30.0. The van der Waals surface area contributed by atoms with E-state index in [9.17, 15) is 18.3 Å². The molecule has 1 fully saturated rings. The van der Waals surface area contributed by atoms with Crippen LogP contribution in [-0.2, 0) is 10.4 Å². The van der Waals surface area contributed by atoms with Crippen LogP contribution in [-0.4, -0.2) is 60.6 Å². The van der Waals surface area contributed by atoms with Gasteiger partial charge in [0.15, 0.2) is 0 Å². The van der Waals surface area contributed by atoms with Crippen LogP contribution in [0.4, 0.5) is 13.2 Å². The van der Waals surface area contributed by atoms with E-state index >= 15 is 0 Å². The van der Waals surface area contributed by atoms with Crippen molar-refractivity contribution in [3.05, 3.63) is 96.1 Å². The summed E-state index contributed by atoms with van der Waals surface area (Å²) in [7, 11) is 1.67. The van der Waals surface area contributed by atoms with Crippen LogP contribution in [0.2, 0.25) is 0 Å². The lowest BCUT2D eigenvalue weighted by molar-refractivity contribution is -0.192. The van der Waals surface area contributed by atoms with Gasteiger partial charge in [0.1, 0.15) is 17.1 Å². The van der Waals surface area contributed by atoms with Gasteiger partial charge in [0.05, 0.1) is 13.7 Å². The van der Waals surface area contributed by atoms with Crippen LogP contribution in [0, 0.1) is 5.92 Å². The van der Waals surface area contributed by atoms with Crippen molar-refractivity contribution in [2.45, 2.75) is 31.0 Å². The summed E-state index contributed by atoms with van der Waals surface area (Å²) >= 11 is 0. The number of hydrogen-bond donors (Lipinski definition) is 2. The van der Waals surface area contributed by atoms with E-state index in [0.29, 0.717) is 6.61 Å². The fraction of sp³-hybridized carbons (Fsp3) is 0.367. The Balaban J connectivity index is 0.000000532. The number of carboxylic acids is 1. The Morgan fingerprint density at radius 3 is 1.77 bits per heavy atom. The van der Waals surface area contributed by atoms with Gasteiger partial charge in [-0.15, -0.1) is 0 Å². The minimum absolute atomic E-state index is 0.194. The van der Waals surface area contributed by atoms with Crippen LogP contribution in [0.3, 0.4) is 0 Å². The number of rotatable bonds is 9. The first-order valence-electron chi connectivity index (χ1n) is 12.8. The van der Waals surface area contributed by atoms with Gasteiger partial charge in [-0.2, -0.15) is 13.2 Å². The Labute approximate surface area is 226 Å². The smallest absolute Gasteiger partial charge is 0.490 e. The number of carbonyl (C=O) groups is 1. The molecule has 0 bridgehead atoms. The molecule has 0 radical (unpaired) electrons. The summed E-state index contributed by atoms with van der Waals surface area (Å²) < 4.78 is 42.8. The lowest BCUT2D eigenvalue weighted by atomic mass is 9.72. The second-order valence-corrected chi connectivity index (χ2v) is 9.29. The van der Waals surface area contributed by atoms with Gasteiger partial charge in [0.2, 0.25) is 0 Å². The molecule has 2 N–H and O–H groups in total. The van der Waals surface area contributed by atoms with E-state index in [1.54, 1.807) is 7.11 Å². The van der Waals surface area contributed by atoms with Gasteiger partial charge in [-0.1, -0.05) is 60.7 Å². The first-order valence-corrected chi connectivity index (χ1v) is 12.8. The van der Waals surface area contributed by atoms with Crippen molar-refractivity contribution in [2.24, 2.45) is 5.92 Å². The van der Waals surface area contributed by atoms with Crippen molar-refractivity contribution < 1.29 is 37.7 Å². The minimum atomic E-state index is -5.08. The van der Waals surface area contributed by atoms with Gasteiger partial charge in [0.25, 0.3) is 0 Å². The summed E-state index contributed by atoms with van der Waals surface area (Å²) in [6, 6.07) is 28.0. The van der Waals surface area contributed by atoms with Crippen molar-refractivity contribution in [2.75, 3.05) is 33.4 Å². The quantitative estimate of drug-likeness (QED) is 0.334. The molecule has 0 amide bonds. The van der Waals surface area contributed by atoms with E-state index in [2.05, 4.69) is 29.2 Å². The van der Waals surface area contributed by atoms with E-state index in [0.717, 1.165) is 61.5 Å². The molecular weight excluding hydrogens is 511 g/mol. The van der Waals surface area contributed by atoms with Crippen molar-refractivity contribution >= 4 is 5.97 Å². The number of ether oxygens (including phenoxy) is 2. The monoisotopic (exact) mass is 545 g/mol. The van der Waals surface area contributed by atoms with Gasteiger partial charge in [-0.3, -0.25) is 0 Å². The number of likely N-dealkylation sites (tertiary alicyclic amines) is 1. The van der Waals surface area contributed by atoms with Crippen LogP contribution < -0.4 is 9.47 Å². The zero-order valence-corrected chi connectivity index (χ0v) is 21.8. The maximum Gasteiger partial charge on any atom is 0.490 e. The highest BCUT2D eigenvalue weighted by atomic mass is 19.4. The number of halogens is 3. The van der Waals surface area contributed by atoms with E-state index in [-0.39, 0.29) is 5.92 Å². The summed E-state index contributed by atoms with van der Waals surface area (Å²) in [6.07, 6.45) is -2.16. The summed E-state index contributed by atoms with van der Waals surface area (Å²) in [4.78, 5) is 11.4. The highest BCUT2D eigenvalue weighted by Gasteiger charge is 2.41. The highest BCUT2D eigenvalue weighted by molar-refractivity contribution is 5.73. The van der Waals surface area contributed by atoms with Gasteiger partial charge in [-0.25, -0.2) is 4.79 Å². The first-order chi connectivity index (χ1) is 18.6. The van der Waals surface area contributed by atoms with Gasteiger partial charge in [-0.05, 0) is 73.7 Å². The predicted octanol–water partition coefficient (Wildman–Crippen LogP) is 5.75. The molecule has 1 heterocycles. The van der Waals surface area contributed by atoms with Crippen molar-refractivity contribution in [3.8, 4) is 11.5 Å². The summed E-state index contributed by atoms with van der Waals surface area (Å²) in [5.41, 5.74) is 1.02. The average molecular weight is 546 g/mol. The van der Waals surface area contributed by atoms with Gasteiger partial charge >= 0.3 is 12.1 Å². The van der Waals surface area contributed by atoms with Crippen LogP contribution in [0.25, 0.3) is 0 Å². The fourth-order valence-electron chi connectivity index (χ4n) is 4.75. The molecule has 1 aliphatic rings. The maximum atomic E-state index is 12.0. The molecule has 0 aliphatic carbocycles. The number of aliphatic carboxylic acids is 1. The van der Waals surface area contributed by atoms with Crippen LogP contribution in [0.15, 0.2) is 84.9 Å². The number of methoxy groups -OCH3 is 1. The Morgan fingerprint density at radius 2 is 1.33 bits per heavy atom. The van der Waals surface area contributed by atoms with Crippen molar-refractivity contribution in [3.63, 3.8) is 0 Å². The Hall–Kier alpha value is -3.56. The number of piperidine rings is 1. The van der Waals surface area contributed by atoms with Crippen molar-refractivity contribution in [1.29, 1.82) is 0 Å². The average Bonchev–Trinajstić information content (AvgIpc) is 2.96. The second kappa shape index (κ2) is 14.0. The zero-order chi connectivity index (χ0) is 28.3. The number of hydrogen-bond acceptors (Lipinski definition) is 5. The Bertz CT molecular complexity index is 1090. The molecular formula is C30H34F3NO5. The molecule has 0 aromatic heterocycles. The number of alkyl halides is 3. The lowest BCUT2D eigenvalue weighted by Crippen LogP contribution is -2.44. The number of nitrogens with zero attached hydrogens (tertiary/aromatic N) is 1. The van der Waals surface area contributed by atoms with Gasteiger partial charge in [0, 0.05) is 6.54 Å². The normalized spacial score (nSPS) is 14.7. The SMILES string of the molecule is COc1ccc(OCCCN2CCC(C(O)(c3ccccc3)c3ccccc3)CC2)cc1.O=C(O)C(F)(F)F. The molecule has 0 atom stereocenters. The molecule has 1 saturated heterocycles. The number of benzene rings is 3. The Morgan fingerprint density at radius 1 is 0.872 bits per heavy atom. The van der Waals surface area contributed by atoms with E-state index in [1.165, 1.54) is 0 Å². The molecule has 9 heteroatoms. The number of carboxylic acid groups (broad SMARTS) is 1. The molecule has 39 heavy (non-hydrogen) atoms. The molecule has 0 saturated carbocycles. The molecule has 1 aliphatic heterocycles. The summed E-state index contributed by atoms with van der Waals surface area (Å²) in [5.74, 6) is -0.849. The molecule has 0 spiro atoms. The summed E-state index contributed by atoms with van der Waals surface area (Å²) in [6.45, 7) is 3.70. The zero-order valence-electron chi connectivity index (χ0n) is 21.8. The standard InChI is InChI=1S/C28H33NO3.C2HF3O2/c1-31-26-13-15-27(16-14-26)32-22-8-19-29-20-17-25(18-21-29)28(30,23-9-4-2-5-10-23)24-11-6-3-7-12-24;3-2(4,5)1(6)7/h2-7,9-16,25,30H,8,17-22H2,1H3;(H,6,7). The minimum Gasteiger partial charge on any atom is -0.497 e. The second-order valence-electron chi connectivity index (χ2n) is 9.29. The summed E-state index contributed by atoms with van der Waals surface area (Å²) in [5, 5.41) is 19.1. The largest absolute Gasteiger partial charge is 0.497 e. The van der Waals surface area contributed by atoms with Crippen LogP contribution in [0.5, 0.6) is 11.5 Å². The molecule has 6 nitrogen and oxygen atoms in total. The third kappa shape index (κ3) is 8.46. The van der Waals surface area contributed by atoms with Gasteiger partial charge < -0.3 is 24.6 Å².